The molecule has 0 spiro atoms. The third-order valence-corrected chi connectivity index (χ3v) is 3.32. The van der Waals surface area contributed by atoms with E-state index < -0.39 is 0 Å². The van der Waals surface area contributed by atoms with Crippen LogP contribution in [0, 0.1) is 0 Å². The summed E-state index contributed by atoms with van der Waals surface area (Å²) in [6.45, 7) is 3.68. The maximum Gasteiger partial charge on any atom is 0.224 e. The molecule has 2 rings (SSSR count). The van der Waals surface area contributed by atoms with Crippen LogP contribution in [0.25, 0.3) is 11.1 Å². The Bertz CT molecular complexity index is 590. The maximum atomic E-state index is 11.9. The van der Waals surface area contributed by atoms with Crippen LogP contribution in [0.3, 0.4) is 0 Å². The molecule has 0 atom stereocenters. The van der Waals surface area contributed by atoms with Crippen molar-refractivity contribution in [2.45, 2.75) is 25.7 Å². The number of rotatable bonds is 7. The molecule has 0 saturated carbocycles. The van der Waals surface area contributed by atoms with E-state index in [1.165, 1.54) is 0 Å². The minimum Gasteiger partial charge on any atom is -0.326 e. The standard InChI is InChI=1S/C19H21NO/c1-2-3-4-8-14-19(21)20-18-13-9-12-17(15-18)16-10-6-5-7-11-16/h2,5-7,9-13,15H,1,3-4,8,14H2,(H,20,21). The number of carbonyl (C=O) groups is 1. The van der Waals surface area contributed by atoms with Crippen LogP contribution in [0.4, 0.5) is 5.69 Å². The van der Waals surface area contributed by atoms with Crippen LogP contribution in [0.5, 0.6) is 0 Å². The van der Waals surface area contributed by atoms with E-state index in [1.807, 2.05) is 42.5 Å². The first-order chi connectivity index (χ1) is 10.3. The van der Waals surface area contributed by atoms with E-state index in [2.05, 4.69) is 30.1 Å². The Morgan fingerprint density at radius 2 is 1.76 bits per heavy atom. The molecule has 0 unspecified atom stereocenters. The molecule has 21 heavy (non-hydrogen) atoms. The van der Waals surface area contributed by atoms with Crippen LogP contribution in [-0.4, -0.2) is 5.91 Å². The lowest BCUT2D eigenvalue weighted by Gasteiger charge is -2.07. The molecule has 0 radical (unpaired) electrons. The van der Waals surface area contributed by atoms with Gasteiger partial charge in [0.05, 0.1) is 0 Å². The summed E-state index contributed by atoms with van der Waals surface area (Å²) in [5, 5.41) is 2.96. The molecule has 1 N–H and O–H groups in total. The summed E-state index contributed by atoms with van der Waals surface area (Å²) < 4.78 is 0. The summed E-state index contributed by atoms with van der Waals surface area (Å²) in [7, 11) is 0. The number of benzene rings is 2. The van der Waals surface area contributed by atoms with Crippen molar-refractivity contribution in [3.8, 4) is 11.1 Å². The summed E-state index contributed by atoms with van der Waals surface area (Å²) in [6, 6.07) is 18.1. The Morgan fingerprint density at radius 1 is 1.00 bits per heavy atom. The van der Waals surface area contributed by atoms with Crippen LogP contribution < -0.4 is 5.32 Å². The van der Waals surface area contributed by atoms with E-state index in [0.29, 0.717) is 6.42 Å². The molecule has 0 fully saturated rings. The van der Waals surface area contributed by atoms with Gasteiger partial charge in [-0.3, -0.25) is 4.79 Å². The van der Waals surface area contributed by atoms with Crippen molar-refractivity contribution in [1.29, 1.82) is 0 Å². The molecule has 1 amide bonds. The molecule has 0 aliphatic carbocycles. The molecule has 0 heterocycles. The van der Waals surface area contributed by atoms with E-state index in [9.17, 15) is 4.79 Å². The minimum absolute atomic E-state index is 0.0734. The molecule has 2 nitrogen and oxygen atoms in total. The second-order valence-electron chi connectivity index (χ2n) is 5.03. The van der Waals surface area contributed by atoms with Gasteiger partial charge in [-0.25, -0.2) is 0 Å². The third kappa shape index (κ3) is 4.92. The summed E-state index contributed by atoms with van der Waals surface area (Å²) in [5.74, 6) is 0.0734. The fourth-order valence-electron chi connectivity index (χ4n) is 2.20. The molecule has 0 aromatic heterocycles. The molecule has 2 aromatic carbocycles. The zero-order chi connectivity index (χ0) is 14.9. The summed E-state index contributed by atoms with van der Waals surface area (Å²) in [5.41, 5.74) is 3.12. The Hall–Kier alpha value is -2.35. The average Bonchev–Trinajstić information content (AvgIpc) is 2.53. The Labute approximate surface area is 126 Å². The number of amides is 1. The van der Waals surface area contributed by atoms with Crippen molar-refractivity contribution >= 4 is 11.6 Å². The van der Waals surface area contributed by atoms with Crippen molar-refractivity contribution in [1.82, 2.24) is 0 Å². The highest BCUT2D eigenvalue weighted by atomic mass is 16.1. The predicted molar refractivity (Wildman–Crippen MR) is 89.2 cm³/mol. The van der Waals surface area contributed by atoms with E-state index in [4.69, 9.17) is 0 Å². The van der Waals surface area contributed by atoms with Gasteiger partial charge in [-0.15, -0.1) is 6.58 Å². The van der Waals surface area contributed by atoms with Crippen LogP contribution in [0.1, 0.15) is 25.7 Å². The van der Waals surface area contributed by atoms with Gasteiger partial charge in [-0.05, 0) is 42.5 Å². The first-order valence-electron chi connectivity index (χ1n) is 7.36. The SMILES string of the molecule is C=CCCCCC(=O)Nc1cccc(-c2ccccc2)c1. The smallest absolute Gasteiger partial charge is 0.224 e. The number of hydrogen-bond acceptors (Lipinski definition) is 1. The summed E-state index contributed by atoms with van der Waals surface area (Å²) >= 11 is 0. The molecule has 2 aromatic rings. The predicted octanol–water partition coefficient (Wildman–Crippen LogP) is 5.04. The molecule has 0 aliphatic rings. The number of nitrogens with one attached hydrogen (secondary N) is 1. The lowest BCUT2D eigenvalue weighted by molar-refractivity contribution is -0.116. The van der Waals surface area contributed by atoms with Crippen molar-refractivity contribution in [2.24, 2.45) is 0 Å². The number of carbonyl (C=O) groups excluding carboxylic acids is 1. The van der Waals surface area contributed by atoms with E-state index in [1.54, 1.807) is 0 Å². The van der Waals surface area contributed by atoms with Gasteiger partial charge in [0.2, 0.25) is 5.91 Å². The van der Waals surface area contributed by atoms with Crippen molar-refractivity contribution in [3.63, 3.8) is 0 Å². The lowest BCUT2D eigenvalue weighted by atomic mass is 10.1. The molecule has 0 aliphatic heterocycles. The van der Waals surface area contributed by atoms with Crippen molar-refractivity contribution in [2.75, 3.05) is 5.32 Å². The van der Waals surface area contributed by atoms with Crippen molar-refractivity contribution in [3.05, 3.63) is 67.3 Å². The quantitative estimate of drug-likeness (QED) is 0.558. The summed E-state index contributed by atoms with van der Waals surface area (Å²) in [6.07, 6.45) is 5.33. The number of allylic oxidation sites excluding steroid dienone is 1. The first-order valence-corrected chi connectivity index (χ1v) is 7.36. The van der Waals surface area contributed by atoms with Gasteiger partial charge in [0, 0.05) is 12.1 Å². The monoisotopic (exact) mass is 279 g/mol. The molecule has 108 valence electrons. The normalized spacial score (nSPS) is 10.1. The Morgan fingerprint density at radius 3 is 2.52 bits per heavy atom. The van der Waals surface area contributed by atoms with Gasteiger partial charge >= 0.3 is 0 Å². The topological polar surface area (TPSA) is 29.1 Å². The first kappa shape index (κ1) is 15.0. The van der Waals surface area contributed by atoms with Gasteiger partial charge in [-0.2, -0.15) is 0 Å². The Kier molecular flexibility index (Phi) is 5.77. The number of hydrogen-bond donors (Lipinski definition) is 1. The van der Waals surface area contributed by atoms with Crippen LogP contribution in [0.15, 0.2) is 67.3 Å². The zero-order valence-electron chi connectivity index (χ0n) is 12.2. The average molecular weight is 279 g/mol. The van der Waals surface area contributed by atoms with Gasteiger partial charge < -0.3 is 5.32 Å². The van der Waals surface area contributed by atoms with E-state index in [-0.39, 0.29) is 5.91 Å². The highest BCUT2D eigenvalue weighted by Gasteiger charge is 2.03. The van der Waals surface area contributed by atoms with Crippen LogP contribution in [0.2, 0.25) is 0 Å². The fraction of sp³-hybridized carbons (Fsp3) is 0.211. The second-order valence-corrected chi connectivity index (χ2v) is 5.03. The summed E-state index contributed by atoms with van der Waals surface area (Å²) in [4.78, 5) is 11.9. The molecular formula is C19H21NO. The number of unbranched alkanes of at least 4 members (excludes halogenated alkanes) is 2. The molecular weight excluding hydrogens is 258 g/mol. The van der Waals surface area contributed by atoms with Crippen LogP contribution in [-0.2, 0) is 4.79 Å². The maximum absolute atomic E-state index is 11.9. The largest absolute Gasteiger partial charge is 0.326 e. The molecule has 0 saturated heterocycles. The Balaban J connectivity index is 1.95. The van der Waals surface area contributed by atoms with Gasteiger partial charge in [0.15, 0.2) is 0 Å². The molecule has 0 bridgehead atoms. The lowest BCUT2D eigenvalue weighted by Crippen LogP contribution is -2.10. The fourth-order valence-corrected chi connectivity index (χ4v) is 2.20. The highest BCUT2D eigenvalue weighted by Crippen LogP contribution is 2.22. The van der Waals surface area contributed by atoms with E-state index in [0.717, 1.165) is 36.1 Å². The van der Waals surface area contributed by atoms with Gasteiger partial charge in [-0.1, -0.05) is 48.5 Å². The zero-order valence-corrected chi connectivity index (χ0v) is 12.2. The van der Waals surface area contributed by atoms with Crippen LogP contribution >= 0.6 is 0 Å². The highest BCUT2D eigenvalue weighted by molar-refractivity contribution is 5.91. The van der Waals surface area contributed by atoms with Gasteiger partial charge in [0.25, 0.3) is 0 Å². The molecule has 2 heteroatoms. The van der Waals surface area contributed by atoms with E-state index >= 15 is 0 Å². The van der Waals surface area contributed by atoms with Crippen molar-refractivity contribution < 1.29 is 4.79 Å². The minimum atomic E-state index is 0.0734. The van der Waals surface area contributed by atoms with Gasteiger partial charge in [0.1, 0.15) is 0 Å². The second kappa shape index (κ2) is 8.05. The number of anilines is 1. The third-order valence-electron chi connectivity index (χ3n) is 3.32.